The molecule has 1 heterocycles. The summed E-state index contributed by atoms with van der Waals surface area (Å²) in [5, 5.41) is 0. The van der Waals surface area contributed by atoms with Crippen molar-refractivity contribution in [3.63, 3.8) is 0 Å². The number of benzene rings is 1. The Kier molecular flexibility index (Phi) is 3.71. The third-order valence-electron chi connectivity index (χ3n) is 2.70. The van der Waals surface area contributed by atoms with Crippen molar-refractivity contribution in [2.24, 2.45) is 0 Å². The van der Waals surface area contributed by atoms with Gasteiger partial charge in [-0.15, -0.1) is 0 Å². The minimum Gasteiger partial charge on any atom is -0.490 e. The van der Waals surface area contributed by atoms with Gasteiger partial charge >= 0.3 is 0 Å². The van der Waals surface area contributed by atoms with Crippen molar-refractivity contribution in [2.75, 3.05) is 12.3 Å². The molecule has 1 aromatic carbocycles. The monoisotopic (exact) mass is 285 g/mol. The van der Waals surface area contributed by atoms with Gasteiger partial charge in [-0.2, -0.15) is 0 Å². The van der Waals surface area contributed by atoms with Crippen LogP contribution in [0, 0.1) is 0 Å². The molecule has 2 atom stereocenters. The van der Waals surface area contributed by atoms with Crippen LogP contribution in [0.2, 0.25) is 0 Å². The Bertz CT molecular complexity index is 370. The number of anilines is 1. The maximum Gasteiger partial charge on any atom is 0.135 e. The highest BCUT2D eigenvalue weighted by atomic mass is 79.9. The molecule has 0 amide bonds. The molecule has 1 aromatic rings. The van der Waals surface area contributed by atoms with Crippen molar-refractivity contribution in [1.82, 2.24) is 0 Å². The number of halogens is 1. The van der Waals surface area contributed by atoms with Gasteiger partial charge in [-0.3, -0.25) is 0 Å². The summed E-state index contributed by atoms with van der Waals surface area (Å²) in [7, 11) is 0. The van der Waals surface area contributed by atoms with Gasteiger partial charge in [0, 0.05) is 11.8 Å². The van der Waals surface area contributed by atoms with Gasteiger partial charge < -0.3 is 15.2 Å². The Balaban J connectivity index is 1.91. The number of rotatable bonds is 3. The van der Waals surface area contributed by atoms with E-state index in [9.17, 15) is 0 Å². The largest absolute Gasteiger partial charge is 0.490 e. The van der Waals surface area contributed by atoms with Gasteiger partial charge in [0.2, 0.25) is 0 Å². The Morgan fingerprint density at radius 2 is 2.31 bits per heavy atom. The Labute approximate surface area is 104 Å². The Hall–Kier alpha value is -0.740. The molecule has 2 N–H and O–H groups in total. The lowest BCUT2D eigenvalue weighted by molar-refractivity contribution is 0.0263. The van der Waals surface area contributed by atoms with E-state index in [0.29, 0.717) is 18.4 Å². The maximum absolute atomic E-state index is 5.70. The van der Waals surface area contributed by atoms with E-state index in [1.807, 2.05) is 18.2 Å². The molecule has 1 saturated heterocycles. The molecular weight excluding hydrogens is 270 g/mol. The predicted octanol–water partition coefficient (Wildman–Crippen LogP) is 2.98. The molecular formula is C12H16BrNO2. The maximum atomic E-state index is 5.70. The first-order valence-corrected chi connectivity index (χ1v) is 6.27. The second-order valence-electron chi connectivity index (χ2n) is 4.15. The van der Waals surface area contributed by atoms with Crippen LogP contribution in [0.5, 0.6) is 5.75 Å². The van der Waals surface area contributed by atoms with Crippen LogP contribution >= 0.6 is 15.9 Å². The summed E-state index contributed by atoms with van der Waals surface area (Å²) >= 11 is 3.43. The molecule has 0 radical (unpaired) electrons. The average Bonchev–Trinajstić information content (AvgIpc) is 2.66. The highest BCUT2D eigenvalue weighted by Crippen LogP contribution is 2.28. The van der Waals surface area contributed by atoms with Crippen LogP contribution in [0.3, 0.4) is 0 Å². The van der Waals surface area contributed by atoms with Gasteiger partial charge in [-0.05, 0) is 47.8 Å². The topological polar surface area (TPSA) is 44.5 Å². The molecule has 2 rings (SSSR count). The summed E-state index contributed by atoms with van der Waals surface area (Å²) in [5.41, 5.74) is 6.41. The molecule has 0 aromatic heterocycles. The molecule has 1 fully saturated rings. The smallest absolute Gasteiger partial charge is 0.135 e. The highest BCUT2D eigenvalue weighted by Gasteiger charge is 2.22. The van der Waals surface area contributed by atoms with Crippen LogP contribution in [0.25, 0.3) is 0 Å². The molecule has 0 aliphatic carbocycles. The summed E-state index contributed by atoms with van der Waals surface area (Å²) in [5.74, 6) is 0.781. The van der Waals surface area contributed by atoms with E-state index >= 15 is 0 Å². The third-order valence-corrected chi connectivity index (χ3v) is 3.36. The zero-order chi connectivity index (χ0) is 11.5. The number of nitrogen functional groups attached to an aromatic ring is 1. The molecule has 0 spiro atoms. The minimum absolute atomic E-state index is 0.211. The number of ether oxygens (including phenoxy) is 2. The van der Waals surface area contributed by atoms with Crippen LogP contribution in [-0.4, -0.2) is 18.8 Å². The fraction of sp³-hybridized carbons (Fsp3) is 0.500. The molecule has 0 bridgehead atoms. The highest BCUT2D eigenvalue weighted by molar-refractivity contribution is 9.10. The van der Waals surface area contributed by atoms with Crippen LogP contribution in [0.15, 0.2) is 22.7 Å². The lowest BCUT2D eigenvalue weighted by atomic mass is 10.2. The number of nitrogens with two attached hydrogens (primary N) is 1. The SMILES string of the molecule is CC1CCC(COc2cc(N)ccc2Br)O1. The summed E-state index contributed by atoms with van der Waals surface area (Å²) in [4.78, 5) is 0. The number of hydrogen-bond acceptors (Lipinski definition) is 3. The fourth-order valence-electron chi connectivity index (χ4n) is 1.82. The third kappa shape index (κ3) is 2.89. The van der Waals surface area contributed by atoms with Gasteiger partial charge in [0.25, 0.3) is 0 Å². The van der Waals surface area contributed by atoms with Crippen molar-refractivity contribution in [1.29, 1.82) is 0 Å². The molecule has 1 aliphatic rings. The first-order chi connectivity index (χ1) is 7.65. The molecule has 0 saturated carbocycles. The van der Waals surface area contributed by atoms with Gasteiger partial charge in [0.15, 0.2) is 0 Å². The summed E-state index contributed by atoms with van der Waals surface area (Å²) in [6.07, 6.45) is 2.76. The zero-order valence-electron chi connectivity index (χ0n) is 9.28. The van der Waals surface area contributed by atoms with E-state index in [1.54, 1.807) is 0 Å². The summed E-state index contributed by atoms with van der Waals surface area (Å²) in [6, 6.07) is 5.55. The average molecular weight is 286 g/mol. The van der Waals surface area contributed by atoms with Crippen molar-refractivity contribution in [2.45, 2.75) is 32.0 Å². The first-order valence-electron chi connectivity index (χ1n) is 5.48. The molecule has 3 nitrogen and oxygen atoms in total. The van der Waals surface area contributed by atoms with Crippen LogP contribution < -0.4 is 10.5 Å². The van der Waals surface area contributed by atoms with Crippen molar-refractivity contribution < 1.29 is 9.47 Å². The van der Waals surface area contributed by atoms with Gasteiger partial charge in [0.05, 0.1) is 16.7 Å². The van der Waals surface area contributed by atoms with E-state index in [-0.39, 0.29) is 6.10 Å². The second kappa shape index (κ2) is 5.06. The molecule has 2 unspecified atom stereocenters. The van der Waals surface area contributed by atoms with Gasteiger partial charge in [0.1, 0.15) is 12.4 Å². The van der Waals surface area contributed by atoms with E-state index in [4.69, 9.17) is 15.2 Å². The van der Waals surface area contributed by atoms with E-state index in [2.05, 4.69) is 22.9 Å². The zero-order valence-corrected chi connectivity index (χ0v) is 10.9. The van der Waals surface area contributed by atoms with Crippen LogP contribution in [0.1, 0.15) is 19.8 Å². The fourth-order valence-corrected chi connectivity index (χ4v) is 2.18. The van der Waals surface area contributed by atoms with Crippen molar-refractivity contribution >= 4 is 21.6 Å². The molecule has 4 heteroatoms. The molecule has 1 aliphatic heterocycles. The van der Waals surface area contributed by atoms with E-state index in [1.165, 1.54) is 0 Å². The lowest BCUT2D eigenvalue weighted by Gasteiger charge is -2.14. The first kappa shape index (κ1) is 11.7. The van der Waals surface area contributed by atoms with Gasteiger partial charge in [-0.1, -0.05) is 0 Å². The Morgan fingerprint density at radius 1 is 1.50 bits per heavy atom. The van der Waals surface area contributed by atoms with E-state index in [0.717, 1.165) is 23.1 Å². The second-order valence-corrected chi connectivity index (χ2v) is 5.00. The van der Waals surface area contributed by atoms with Crippen LogP contribution in [0.4, 0.5) is 5.69 Å². The standard InChI is InChI=1S/C12H16BrNO2/c1-8-2-4-10(16-8)7-15-12-6-9(14)3-5-11(12)13/h3,5-6,8,10H,2,4,7,14H2,1H3. The van der Waals surface area contributed by atoms with E-state index < -0.39 is 0 Å². The van der Waals surface area contributed by atoms with Crippen molar-refractivity contribution in [3.8, 4) is 5.75 Å². The summed E-state index contributed by atoms with van der Waals surface area (Å²) in [6.45, 7) is 2.68. The Morgan fingerprint density at radius 3 is 3.00 bits per heavy atom. The minimum atomic E-state index is 0.211. The van der Waals surface area contributed by atoms with Crippen LogP contribution in [-0.2, 0) is 4.74 Å². The quantitative estimate of drug-likeness (QED) is 0.869. The molecule has 88 valence electrons. The lowest BCUT2D eigenvalue weighted by Crippen LogP contribution is -2.18. The van der Waals surface area contributed by atoms with Crippen molar-refractivity contribution in [3.05, 3.63) is 22.7 Å². The normalized spacial score (nSPS) is 24.6. The molecule has 16 heavy (non-hydrogen) atoms. The predicted molar refractivity (Wildman–Crippen MR) is 67.6 cm³/mol. The summed E-state index contributed by atoms with van der Waals surface area (Å²) < 4.78 is 12.3. The number of hydrogen-bond donors (Lipinski definition) is 1. The van der Waals surface area contributed by atoms with Gasteiger partial charge in [-0.25, -0.2) is 0 Å².